The lowest BCUT2D eigenvalue weighted by Crippen LogP contribution is -1.98. The van der Waals surface area contributed by atoms with Crippen molar-refractivity contribution < 1.29 is 17.6 Å². The van der Waals surface area contributed by atoms with Gasteiger partial charge in [0.25, 0.3) is 0 Å². The first-order chi connectivity index (χ1) is 5.57. The van der Waals surface area contributed by atoms with Gasteiger partial charge < -0.3 is 0 Å². The molecule has 0 heterocycles. The van der Waals surface area contributed by atoms with E-state index in [2.05, 4.69) is 0 Å². The summed E-state index contributed by atoms with van der Waals surface area (Å²) >= 11 is 0. The molecule has 0 unspecified atom stereocenters. The molecule has 0 saturated heterocycles. The zero-order valence-corrected chi connectivity index (χ0v) is 5.54. The van der Waals surface area contributed by atoms with Crippen molar-refractivity contribution in [2.75, 3.05) is 0 Å². The molecule has 0 radical (unpaired) electrons. The van der Waals surface area contributed by atoms with Crippen LogP contribution in [0, 0.1) is 34.6 Å². The lowest BCUT2D eigenvalue weighted by Gasteiger charge is -1.97. The minimum absolute atomic E-state index is 0.0471. The number of nitriles is 1. The van der Waals surface area contributed by atoms with E-state index in [0.29, 0.717) is 0 Å². The van der Waals surface area contributed by atoms with Crippen molar-refractivity contribution in [1.29, 1.82) is 5.26 Å². The third-order valence-electron chi connectivity index (χ3n) is 1.22. The second kappa shape index (κ2) is 2.81. The van der Waals surface area contributed by atoms with Gasteiger partial charge in [0.15, 0.2) is 23.3 Å². The lowest BCUT2D eigenvalue weighted by atomic mass is 10.2. The molecule has 0 aliphatic carbocycles. The van der Waals surface area contributed by atoms with Gasteiger partial charge in [0.1, 0.15) is 11.6 Å². The first kappa shape index (κ1) is 8.53. The van der Waals surface area contributed by atoms with Crippen LogP contribution in [0.25, 0.3) is 0 Å². The third-order valence-corrected chi connectivity index (χ3v) is 1.22. The Hall–Kier alpha value is -1.57. The predicted octanol–water partition coefficient (Wildman–Crippen LogP) is 2.11. The summed E-state index contributed by atoms with van der Waals surface area (Å²) < 4.78 is 49.4. The molecule has 0 amide bonds. The van der Waals surface area contributed by atoms with Gasteiger partial charge in [-0.25, -0.2) is 17.6 Å². The van der Waals surface area contributed by atoms with Crippen molar-refractivity contribution in [3.63, 3.8) is 0 Å². The molecule has 1 rings (SSSR count). The maximum absolute atomic E-state index is 12.4. The van der Waals surface area contributed by atoms with Gasteiger partial charge >= 0.3 is 0 Å². The first-order valence-electron chi connectivity index (χ1n) is 2.81. The largest absolute Gasteiger partial charge is 0.204 e. The molecular weight excluding hydrogens is 174 g/mol. The lowest BCUT2D eigenvalue weighted by molar-refractivity contribution is 0.450. The Kier molecular flexibility index (Phi) is 2.00. The molecule has 0 fully saturated rings. The number of hydrogen-bond donors (Lipinski definition) is 0. The van der Waals surface area contributed by atoms with Gasteiger partial charge in [0, 0.05) is 6.07 Å². The standard InChI is InChI=1S/C7HF4N/c8-4-1-5(9)7(11)3(2-12)6(4)10/h1H. The summed E-state index contributed by atoms with van der Waals surface area (Å²) in [6.45, 7) is 0. The van der Waals surface area contributed by atoms with Crippen LogP contribution in [0.15, 0.2) is 6.07 Å². The van der Waals surface area contributed by atoms with Crippen LogP contribution < -0.4 is 0 Å². The van der Waals surface area contributed by atoms with Crippen LogP contribution in [0.5, 0.6) is 0 Å². The number of halogens is 4. The molecule has 1 aromatic rings. The molecule has 1 aromatic carbocycles. The predicted molar refractivity (Wildman–Crippen MR) is 31.0 cm³/mol. The summed E-state index contributed by atoms with van der Waals surface area (Å²) in [4.78, 5) is 0. The van der Waals surface area contributed by atoms with Gasteiger partial charge in [-0.15, -0.1) is 0 Å². The molecule has 5 heteroatoms. The minimum Gasteiger partial charge on any atom is -0.204 e. The van der Waals surface area contributed by atoms with Crippen molar-refractivity contribution >= 4 is 0 Å². The fraction of sp³-hybridized carbons (Fsp3) is 0. The average molecular weight is 175 g/mol. The number of rotatable bonds is 0. The molecule has 0 N–H and O–H groups in total. The molecule has 0 aliphatic heterocycles. The van der Waals surface area contributed by atoms with Crippen molar-refractivity contribution in [3.8, 4) is 6.07 Å². The Balaban J connectivity index is 3.56. The Labute approximate surface area is 64.9 Å². The van der Waals surface area contributed by atoms with Gasteiger partial charge in [-0.05, 0) is 0 Å². The summed E-state index contributed by atoms with van der Waals surface area (Å²) in [6.07, 6.45) is 0. The van der Waals surface area contributed by atoms with Crippen LogP contribution in [0.1, 0.15) is 5.56 Å². The van der Waals surface area contributed by atoms with Crippen LogP contribution in [-0.2, 0) is 0 Å². The first-order valence-corrected chi connectivity index (χ1v) is 2.81. The smallest absolute Gasteiger partial charge is 0.179 e. The molecule has 1 nitrogen and oxygen atoms in total. The van der Waals surface area contributed by atoms with E-state index in [1.807, 2.05) is 0 Å². The highest BCUT2D eigenvalue weighted by molar-refractivity contribution is 5.33. The second-order valence-corrected chi connectivity index (χ2v) is 1.95. The molecule has 0 bridgehead atoms. The van der Waals surface area contributed by atoms with Crippen molar-refractivity contribution in [2.45, 2.75) is 0 Å². The van der Waals surface area contributed by atoms with E-state index in [-0.39, 0.29) is 6.07 Å². The molecule has 0 saturated carbocycles. The van der Waals surface area contributed by atoms with E-state index >= 15 is 0 Å². The highest BCUT2D eigenvalue weighted by Crippen LogP contribution is 2.17. The fourth-order valence-corrected chi connectivity index (χ4v) is 0.671. The number of nitrogens with zero attached hydrogens (tertiary/aromatic N) is 1. The van der Waals surface area contributed by atoms with Crippen molar-refractivity contribution in [2.24, 2.45) is 0 Å². The summed E-state index contributed by atoms with van der Waals surface area (Å²) in [6, 6.07) is 1.06. The van der Waals surface area contributed by atoms with E-state index in [4.69, 9.17) is 5.26 Å². The van der Waals surface area contributed by atoms with E-state index in [9.17, 15) is 17.6 Å². The van der Waals surface area contributed by atoms with E-state index < -0.39 is 28.8 Å². The molecule has 0 aliphatic rings. The average Bonchev–Trinajstić information content (AvgIpc) is 2.02. The van der Waals surface area contributed by atoms with E-state index in [1.54, 1.807) is 0 Å². The Morgan fingerprint density at radius 2 is 1.42 bits per heavy atom. The molecule has 0 spiro atoms. The summed E-state index contributed by atoms with van der Waals surface area (Å²) in [5.74, 6) is -6.50. The summed E-state index contributed by atoms with van der Waals surface area (Å²) in [5.41, 5.74) is -1.24. The zero-order valence-electron chi connectivity index (χ0n) is 5.54. The van der Waals surface area contributed by atoms with E-state index in [1.165, 1.54) is 0 Å². The van der Waals surface area contributed by atoms with Crippen molar-refractivity contribution in [1.82, 2.24) is 0 Å². The zero-order chi connectivity index (χ0) is 9.30. The Morgan fingerprint density at radius 1 is 1.00 bits per heavy atom. The fourth-order valence-electron chi connectivity index (χ4n) is 0.671. The minimum atomic E-state index is -1.67. The Bertz CT molecular complexity index is 340. The normalized spacial score (nSPS) is 9.58. The summed E-state index contributed by atoms with van der Waals surface area (Å²) in [5, 5.41) is 8.08. The SMILES string of the molecule is N#Cc1c(F)c(F)cc(F)c1F. The van der Waals surface area contributed by atoms with Crippen LogP contribution >= 0.6 is 0 Å². The van der Waals surface area contributed by atoms with Crippen molar-refractivity contribution in [3.05, 3.63) is 34.9 Å². The topological polar surface area (TPSA) is 23.8 Å². The van der Waals surface area contributed by atoms with E-state index in [0.717, 1.165) is 6.07 Å². The van der Waals surface area contributed by atoms with Crippen LogP contribution in [0.3, 0.4) is 0 Å². The second-order valence-electron chi connectivity index (χ2n) is 1.95. The highest BCUT2D eigenvalue weighted by atomic mass is 19.2. The third kappa shape index (κ3) is 1.11. The summed E-state index contributed by atoms with van der Waals surface area (Å²) in [7, 11) is 0. The van der Waals surface area contributed by atoms with Gasteiger partial charge in [-0.2, -0.15) is 5.26 Å². The number of hydrogen-bond acceptors (Lipinski definition) is 1. The van der Waals surface area contributed by atoms with Gasteiger partial charge in [0.05, 0.1) is 0 Å². The molecule has 12 heavy (non-hydrogen) atoms. The van der Waals surface area contributed by atoms with Gasteiger partial charge in [-0.3, -0.25) is 0 Å². The quantitative estimate of drug-likeness (QED) is 0.437. The number of benzene rings is 1. The van der Waals surface area contributed by atoms with Crippen LogP contribution in [0.2, 0.25) is 0 Å². The molecular formula is C7HF4N. The highest BCUT2D eigenvalue weighted by Gasteiger charge is 2.18. The maximum Gasteiger partial charge on any atom is 0.179 e. The Morgan fingerprint density at radius 3 is 1.75 bits per heavy atom. The maximum atomic E-state index is 12.4. The molecule has 0 aromatic heterocycles. The van der Waals surface area contributed by atoms with Gasteiger partial charge in [0.2, 0.25) is 0 Å². The molecule has 0 atom stereocenters. The monoisotopic (exact) mass is 175 g/mol. The van der Waals surface area contributed by atoms with Crippen LogP contribution in [0.4, 0.5) is 17.6 Å². The van der Waals surface area contributed by atoms with Gasteiger partial charge in [-0.1, -0.05) is 0 Å². The molecule has 62 valence electrons. The van der Waals surface area contributed by atoms with Crippen LogP contribution in [-0.4, -0.2) is 0 Å².